The smallest absolute Gasteiger partial charge is 0.253 e. The van der Waals surface area contributed by atoms with Gasteiger partial charge in [0.25, 0.3) is 5.91 Å². The van der Waals surface area contributed by atoms with Gasteiger partial charge in [0, 0.05) is 22.4 Å². The maximum absolute atomic E-state index is 12.4. The fraction of sp³-hybridized carbons (Fsp3) is 0.529. The fourth-order valence-corrected chi connectivity index (χ4v) is 6.79. The summed E-state index contributed by atoms with van der Waals surface area (Å²) in [6, 6.07) is 7.18. The van der Waals surface area contributed by atoms with Crippen molar-refractivity contribution in [2.45, 2.75) is 32.1 Å². The Morgan fingerprint density at radius 3 is 2.68 bits per heavy atom. The first-order chi connectivity index (χ1) is 11.6. The second kappa shape index (κ2) is 6.32. The number of rotatable bonds is 2. The van der Waals surface area contributed by atoms with Crippen LogP contribution in [0.25, 0.3) is 0 Å². The third-order valence-corrected chi connectivity index (χ3v) is 7.45. The molecule has 136 valence electrons. The summed E-state index contributed by atoms with van der Waals surface area (Å²) in [4.78, 5) is 18.6. The van der Waals surface area contributed by atoms with Gasteiger partial charge in [-0.15, -0.1) is 0 Å². The lowest BCUT2D eigenvalue weighted by Crippen LogP contribution is -2.38. The lowest BCUT2D eigenvalue weighted by atomic mass is 9.96. The molecule has 1 aromatic carbocycles. The fourth-order valence-electron chi connectivity index (χ4n) is 2.88. The molecule has 1 amide bonds. The average Bonchev–Trinajstić information content (AvgIpc) is 2.97. The quantitative estimate of drug-likeness (QED) is 0.781. The van der Waals surface area contributed by atoms with Crippen LogP contribution < -0.4 is 9.64 Å². The average molecular weight is 383 g/mol. The van der Waals surface area contributed by atoms with Crippen molar-refractivity contribution >= 4 is 38.4 Å². The Morgan fingerprint density at radius 1 is 1.32 bits per heavy atom. The van der Waals surface area contributed by atoms with E-state index in [1.807, 2.05) is 49.9 Å². The van der Waals surface area contributed by atoms with Gasteiger partial charge >= 0.3 is 0 Å². The number of nitrogens with zero attached hydrogens (tertiary/aromatic N) is 2. The molecule has 3 rings (SSSR count). The summed E-state index contributed by atoms with van der Waals surface area (Å²) in [6.07, 6.45) is 0. The summed E-state index contributed by atoms with van der Waals surface area (Å²) in [5.41, 5.74) is 0.203. The Morgan fingerprint density at radius 2 is 2.04 bits per heavy atom. The largest absolute Gasteiger partial charge is 0.497 e. The molecule has 0 bridgehead atoms. The molecule has 2 saturated heterocycles. The SMILES string of the molecule is COc1cccc(N2C(=NC(=O)C(C)(C)C)S[C@H]3CS(=O)(=O)C[C@@H]32)c1. The van der Waals surface area contributed by atoms with Crippen LogP contribution >= 0.6 is 11.8 Å². The van der Waals surface area contributed by atoms with E-state index in [9.17, 15) is 13.2 Å². The first-order valence-electron chi connectivity index (χ1n) is 8.04. The van der Waals surface area contributed by atoms with Crippen LogP contribution in [0.4, 0.5) is 5.69 Å². The molecule has 2 aliphatic rings. The number of methoxy groups -OCH3 is 1. The zero-order valence-corrected chi connectivity index (χ0v) is 16.4. The number of aliphatic imine (C=N–C) groups is 1. The Labute approximate surface area is 152 Å². The minimum atomic E-state index is -3.08. The van der Waals surface area contributed by atoms with Gasteiger partial charge in [-0.1, -0.05) is 38.6 Å². The molecule has 0 radical (unpaired) electrons. The molecule has 2 fully saturated rings. The highest BCUT2D eigenvalue weighted by Gasteiger charge is 2.49. The summed E-state index contributed by atoms with van der Waals surface area (Å²) in [6.45, 7) is 5.46. The second-order valence-electron chi connectivity index (χ2n) is 7.32. The summed E-state index contributed by atoms with van der Waals surface area (Å²) in [5.74, 6) is 0.648. The molecule has 2 heterocycles. The number of carbonyl (C=O) groups is 1. The molecule has 0 spiro atoms. The van der Waals surface area contributed by atoms with E-state index in [4.69, 9.17) is 4.74 Å². The van der Waals surface area contributed by atoms with Gasteiger partial charge in [-0.2, -0.15) is 4.99 Å². The molecular weight excluding hydrogens is 360 g/mol. The van der Waals surface area contributed by atoms with Gasteiger partial charge in [-0.05, 0) is 12.1 Å². The standard InChI is InChI=1S/C17H22N2O4S2/c1-17(2,3)15(20)18-16-19(11-6-5-7-12(8-11)23-4)13-9-25(21,22)10-14(13)24-16/h5-8,13-14H,9-10H2,1-4H3/t13-,14-/m0/s1. The van der Waals surface area contributed by atoms with Crippen LogP contribution in [0.1, 0.15) is 20.8 Å². The summed E-state index contributed by atoms with van der Waals surface area (Å²) < 4.78 is 29.4. The Bertz CT molecular complexity index is 827. The van der Waals surface area contributed by atoms with Crippen LogP contribution in [0.3, 0.4) is 0 Å². The zero-order chi connectivity index (χ0) is 18.4. The van der Waals surface area contributed by atoms with Crippen molar-refractivity contribution in [2.24, 2.45) is 10.4 Å². The summed E-state index contributed by atoms with van der Waals surface area (Å²) in [5, 5.41) is 0.459. The normalized spacial score (nSPS) is 26.7. The molecule has 0 saturated carbocycles. The van der Waals surface area contributed by atoms with E-state index >= 15 is 0 Å². The van der Waals surface area contributed by atoms with Crippen LogP contribution in [0.15, 0.2) is 29.3 Å². The molecule has 0 unspecified atom stereocenters. The Hall–Kier alpha value is -1.54. The van der Waals surface area contributed by atoms with Crippen molar-refractivity contribution in [3.8, 4) is 5.75 Å². The first kappa shape index (κ1) is 18.3. The number of anilines is 1. The topological polar surface area (TPSA) is 76.0 Å². The van der Waals surface area contributed by atoms with E-state index in [2.05, 4.69) is 4.99 Å². The monoisotopic (exact) mass is 382 g/mol. The third-order valence-electron chi connectivity index (χ3n) is 4.24. The number of amides is 1. The van der Waals surface area contributed by atoms with Crippen LogP contribution in [0, 0.1) is 5.41 Å². The van der Waals surface area contributed by atoms with Crippen molar-refractivity contribution in [1.82, 2.24) is 0 Å². The van der Waals surface area contributed by atoms with Crippen molar-refractivity contribution in [3.05, 3.63) is 24.3 Å². The van der Waals surface area contributed by atoms with Gasteiger partial charge in [0.2, 0.25) is 0 Å². The molecule has 0 N–H and O–H groups in total. The van der Waals surface area contributed by atoms with E-state index < -0.39 is 15.3 Å². The van der Waals surface area contributed by atoms with E-state index in [-0.39, 0.29) is 28.7 Å². The van der Waals surface area contributed by atoms with E-state index in [0.717, 1.165) is 5.69 Å². The lowest BCUT2D eigenvalue weighted by molar-refractivity contribution is -0.124. The molecule has 8 heteroatoms. The highest BCUT2D eigenvalue weighted by molar-refractivity contribution is 8.16. The third kappa shape index (κ3) is 3.69. The lowest BCUT2D eigenvalue weighted by Gasteiger charge is -2.25. The minimum Gasteiger partial charge on any atom is -0.497 e. The van der Waals surface area contributed by atoms with Crippen molar-refractivity contribution in [2.75, 3.05) is 23.5 Å². The molecular formula is C17H22N2O4S2. The van der Waals surface area contributed by atoms with Crippen LogP contribution in [0.2, 0.25) is 0 Å². The van der Waals surface area contributed by atoms with Gasteiger partial charge < -0.3 is 9.64 Å². The summed E-state index contributed by atoms with van der Waals surface area (Å²) >= 11 is 1.38. The van der Waals surface area contributed by atoms with Gasteiger partial charge in [0.1, 0.15) is 5.75 Å². The number of fused-ring (bicyclic) bond motifs is 1. The van der Waals surface area contributed by atoms with Gasteiger partial charge in [0.15, 0.2) is 15.0 Å². The molecule has 1 aromatic rings. The Balaban J connectivity index is 2.03. The number of hydrogen-bond acceptors (Lipinski definition) is 5. The zero-order valence-electron chi connectivity index (χ0n) is 14.7. The highest BCUT2D eigenvalue weighted by Crippen LogP contribution is 2.41. The van der Waals surface area contributed by atoms with Crippen molar-refractivity contribution < 1.29 is 17.9 Å². The predicted molar refractivity (Wildman–Crippen MR) is 101 cm³/mol. The number of sulfone groups is 1. The molecule has 6 nitrogen and oxygen atoms in total. The maximum atomic E-state index is 12.4. The maximum Gasteiger partial charge on any atom is 0.253 e. The summed E-state index contributed by atoms with van der Waals surface area (Å²) in [7, 11) is -1.49. The molecule has 0 aliphatic carbocycles. The number of benzene rings is 1. The van der Waals surface area contributed by atoms with Crippen molar-refractivity contribution in [1.29, 1.82) is 0 Å². The predicted octanol–water partition coefficient (Wildman–Crippen LogP) is 2.34. The highest BCUT2D eigenvalue weighted by atomic mass is 32.2. The van der Waals surface area contributed by atoms with E-state index in [0.29, 0.717) is 10.9 Å². The number of thioether (sulfide) groups is 1. The minimum absolute atomic E-state index is 0.0740. The van der Waals surface area contributed by atoms with E-state index in [1.165, 1.54) is 11.8 Å². The second-order valence-corrected chi connectivity index (χ2v) is 10.7. The van der Waals surface area contributed by atoms with Crippen molar-refractivity contribution in [3.63, 3.8) is 0 Å². The number of ether oxygens (including phenoxy) is 1. The molecule has 25 heavy (non-hydrogen) atoms. The molecule has 2 atom stereocenters. The van der Waals surface area contributed by atoms with Gasteiger partial charge in [-0.25, -0.2) is 8.42 Å². The molecule has 2 aliphatic heterocycles. The van der Waals surface area contributed by atoms with Gasteiger partial charge in [-0.3, -0.25) is 4.79 Å². The van der Waals surface area contributed by atoms with Gasteiger partial charge in [0.05, 0.1) is 24.7 Å². The van der Waals surface area contributed by atoms with Crippen LogP contribution in [-0.4, -0.2) is 49.4 Å². The number of amidine groups is 1. The number of carbonyl (C=O) groups excluding carboxylic acids is 1. The first-order valence-corrected chi connectivity index (χ1v) is 10.7. The molecule has 0 aromatic heterocycles. The van der Waals surface area contributed by atoms with Crippen LogP contribution in [0.5, 0.6) is 5.75 Å². The number of hydrogen-bond donors (Lipinski definition) is 0. The Kier molecular flexibility index (Phi) is 4.61. The van der Waals surface area contributed by atoms with Crippen LogP contribution in [-0.2, 0) is 14.6 Å². The van der Waals surface area contributed by atoms with E-state index in [1.54, 1.807) is 7.11 Å².